The van der Waals surface area contributed by atoms with Crippen LogP contribution in [0.4, 0.5) is 10.5 Å². The number of carbonyl (C=O) groups excluding carboxylic acids is 1. The second kappa shape index (κ2) is 6.67. The Labute approximate surface area is 159 Å². The van der Waals surface area contributed by atoms with Crippen molar-refractivity contribution in [3.8, 4) is 0 Å². The summed E-state index contributed by atoms with van der Waals surface area (Å²) in [5.41, 5.74) is 5.71. The van der Waals surface area contributed by atoms with Crippen molar-refractivity contribution in [2.24, 2.45) is 0 Å². The van der Waals surface area contributed by atoms with Gasteiger partial charge in [-0.25, -0.2) is 14.5 Å². The Kier molecular flexibility index (Phi) is 4.46. The number of amides is 2. The molecule has 7 nitrogen and oxygen atoms in total. The Morgan fingerprint density at radius 3 is 2.33 bits per heavy atom. The summed E-state index contributed by atoms with van der Waals surface area (Å²) in [5, 5.41) is 2.70. The number of rotatable bonds is 4. The Bertz CT molecular complexity index is 992. The molecule has 0 unspecified atom stereocenters. The van der Waals surface area contributed by atoms with E-state index in [4.69, 9.17) is 0 Å². The van der Waals surface area contributed by atoms with E-state index in [2.05, 4.69) is 21.1 Å². The highest BCUT2D eigenvalue weighted by Crippen LogP contribution is 2.38. The number of urea groups is 1. The highest BCUT2D eigenvalue weighted by molar-refractivity contribution is 7.90. The van der Waals surface area contributed by atoms with Crippen LogP contribution in [0, 0.1) is 6.92 Å². The van der Waals surface area contributed by atoms with Crippen molar-refractivity contribution in [3.05, 3.63) is 40.3 Å². The fraction of sp³-hybridized carbons (Fsp3) is 0.474. The van der Waals surface area contributed by atoms with Gasteiger partial charge in [-0.3, -0.25) is 0 Å². The van der Waals surface area contributed by atoms with Gasteiger partial charge in [-0.2, -0.15) is 8.42 Å². The molecule has 0 radical (unpaired) electrons. The zero-order valence-corrected chi connectivity index (χ0v) is 16.4. The molecule has 2 N–H and O–H groups in total. The summed E-state index contributed by atoms with van der Waals surface area (Å²) in [6.07, 6.45) is 7.47. The Hall–Kier alpha value is -2.35. The molecule has 1 heterocycles. The summed E-state index contributed by atoms with van der Waals surface area (Å²) >= 11 is 0. The standard InChI is InChI=1S/C19H24N4O3S/c1-3-23-11-17(20-12(23)2)27(25,26)22-19(24)21-18-15-8-4-6-13(15)10-14-7-5-9-16(14)18/h10-11H,3-9H2,1-2H3,(H2,21,22,24). The van der Waals surface area contributed by atoms with E-state index in [0.717, 1.165) is 55.3 Å². The van der Waals surface area contributed by atoms with Crippen LogP contribution in [0.5, 0.6) is 0 Å². The zero-order valence-electron chi connectivity index (χ0n) is 15.6. The maximum atomic E-state index is 12.5. The van der Waals surface area contributed by atoms with Crippen LogP contribution in [-0.2, 0) is 42.3 Å². The highest BCUT2D eigenvalue weighted by atomic mass is 32.2. The van der Waals surface area contributed by atoms with Crippen LogP contribution in [-0.4, -0.2) is 24.0 Å². The smallest absolute Gasteiger partial charge is 0.333 e. The number of benzene rings is 1. The molecule has 0 saturated heterocycles. The van der Waals surface area contributed by atoms with Crippen LogP contribution in [0.15, 0.2) is 17.3 Å². The van der Waals surface area contributed by atoms with E-state index < -0.39 is 16.1 Å². The summed E-state index contributed by atoms with van der Waals surface area (Å²) in [6, 6.07) is 1.54. The molecule has 2 aromatic rings. The van der Waals surface area contributed by atoms with Crippen LogP contribution in [0.2, 0.25) is 0 Å². The fourth-order valence-corrected chi connectivity index (χ4v) is 5.13. The first kappa shape index (κ1) is 18.0. The van der Waals surface area contributed by atoms with Crippen molar-refractivity contribution < 1.29 is 13.2 Å². The van der Waals surface area contributed by atoms with Gasteiger partial charge in [0.05, 0.1) is 0 Å². The van der Waals surface area contributed by atoms with E-state index in [1.807, 2.05) is 6.92 Å². The van der Waals surface area contributed by atoms with Gasteiger partial charge >= 0.3 is 6.03 Å². The van der Waals surface area contributed by atoms with Crippen molar-refractivity contribution in [2.45, 2.75) is 63.9 Å². The molecule has 8 heteroatoms. The number of nitrogens with zero attached hydrogens (tertiary/aromatic N) is 2. The van der Waals surface area contributed by atoms with Gasteiger partial charge in [-0.1, -0.05) is 6.07 Å². The van der Waals surface area contributed by atoms with E-state index in [1.54, 1.807) is 11.5 Å². The number of aryl methyl sites for hydroxylation is 4. The number of fused-ring (bicyclic) bond motifs is 2. The largest absolute Gasteiger partial charge is 0.334 e. The normalized spacial score (nSPS) is 15.5. The van der Waals surface area contributed by atoms with Gasteiger partial charge in [0.25, 0.3) is 10.0 Å². The van der Waals surface area contributed by atoms with Crippen LogP contribution < -0.4 is 10.0 Å². The molecule has 0 spiro atoms. The molecule has 1 aromatic carbocycles. The maximum Gasteiger partial charge on any atom is 0.333 e. The lowest BCUT2D eigenvalue weighted by molar-refractivity contribution is 0.256. The maximum absolute atomic E-state index is 12.5. The molecule has 0 aliphatic heterocycles. The van der Waals surface area contributed by atoms with Gasteiger partial charge in [0.1, 0.15) is 5.82 Å². The van der Waals surface area contributed by atoms with Gasteiger partial charge in [0, 0.05) is 18.4 Å². The third-order valence-electron chi connectivity index (χ3n) is 5.51. The minimum atomic E-state index is -4.01. The van der Waals surface area contributed by atoms with Gasteiger partial charge in [0.2, 0.25) is 0 Å². The molecule has 0 fully saturated rings. The predicted octanol–water partition coefficient (Wildman–Crippen LogP) is 2.70. The minimum absolute atomic E-state index is 0.138. The third kappa shape index (κ3) is 3.22. The second-order valence-corrected chi connectivity index (χ2v) is 8.84. The fourth-order valence-electron chi connectivity index (χ4n) is 4.21. The van der Waals surface area contributed by atoms with Crippen molar-refractivity contribution in [2.75, 3.05) is 5.32 Å². The molecular weight excluding hydrogens is 364 g/mol. The van der Waals surface area contributed by atoms with Gasteiger partial charge in [-0.15, -0.1) is 0 Å². The first-order chi connectivity index (χ1) is 12.9. The Balaban J connectivity index is 1.58. The lowest BCUT2D eigenvalue weighted by Crippen LogP contribution is -2.35. The third-order valence-corrected chi connectivity index (χ3v) is 6.71. The SMILES string of the molecule is CCn1cc(S(=O)(=O)NC(=O)Nc2c3c(cc4c2CCC4)CCC3)nc1C. The van der Waals surface area contributed by atoms with E-state index in [0.29, 0.717) is 12.4 Å². The van der Waals surface area contributed by atoms with Gasteiger partial charge < -0.3 is 9.88 Å². The number of hydrogen-bond donors (Lipinski definition) is 2. The molecule has 2 aliphatic rings. The molecular formula is C19H24N4O3S. The lowest BCUT2D eigenvalue weighted by Gasteiger charge is -2.16. The van der Waals surface area contributed by atoms with E-state index in [9.17, 15) is 13.2 Å². The second-order valence-electron chi connectivity index (χ2n) is 7.21. The summed E-state index contributed by atoms with van der Waals surface area (Å²) in [4.78, 5) is 16.6. The van der Waals surface area contributed by atoms with Crippen molar-refractivity contribution in [1.29, 1.82) is 0 Å². The summed E-state index contributed by atoms with van der Waals surface area (Å²) in [6.45, 7) is 4.25. The average molecular weight is 388 g/mol. The van der Waals surface area contributed by atoms with Crippen LogP contribution in [0.25, 0.3) is 0 Å². The topological polar surface area (TPSA) is 93.1 Å². The molecule has 0 saturated carbocycles. The quantitative estimate of drug-likeness (QED) is 0.842. The molecule has 144 valence electrons. The van der Waals surface area contributed by atoms with Crippen molar-refractivity contribution in [1.82, 2.24) is 14.3 Å². The molecule has 4 rings (SSSR count). The number of nitrogens with one attached hydrogen (secondary N) is 2. The summed E-state index contributed by atoms with van der Waals surface area (Å²) < 4.78 is 28.9. The number of sulfonamides is 1. The van der Waals surface area contributed by atoms with Crippen molar-refractivity contribution >= 4 is 21.7 Å². The van der Waals surface area contributed by atoms with Gasteiger partial charge in [-0.05, 0) is 74.6 Å². The Morgan fingerprint density at radius 1 is 1.15 bits per heavy atom. The number of imidazole rings is 1. The Morgan fingerprint density at radius 2 is 1.78 bits per heavy atom. The van der Waals surface area contributed by atoms with Crippen LogP contribution >= 0.6 is 0 Å². The zero-order chi connectivity index (χ0) is 19.2. The molecule has 0 bridgehead atoms. The molecule has 1 aromatic heterocycles. The number of hydrogen-bond acceptors (Lipinski definition) is 4. The van der Waals surface area contributed by atoms with Crippen molar-refractivity contribution in [3.63, 3.8) is 0 Å². The summed E-state index contributed by atoms with van der Waals surface area (Å²) in [7, 11) is -4.01. The van der Waals surface area contributed by atoms with Crippen LogP contribution in [0.3, 0.4) is 0 Å². The minimum Gasteiger partial charge on any atom is -0.334 e. The lowest BCUT2D eigenvalue weighted by atomic mass is 9.99. The molecule has 2 amide bonds. The molecule has 27 heavy (non-hydrogen) atoms. The molecule has 0 atom stereocenters. The monoisotopic (exact) mass is 388 g/mol. The number of anilines is 1. The van der Waals surface area contributed by atoms with Crippen LogP contribution in [0.1, 0.15) is 47.8 Å². The number of aromatic nitrogens is 2. The molecule has 2 aliphatic carbocycles. The predicted molar refractivity (Wildman–Crippen MR) is 102 cm³/mol. The van der Waals surface area contributed by atoms with E-state index in [1.165, 1.54) is 17.3 Å². The average Bonchev–Trinajstić information content (AvgIpc) is 3.32. The number of carbonyl (C=O) groups is 1. The highest BCUT2D eigenvalue weighted by Gasteiger charge is 2.27. The van der Waals surface area contributed by atoms with E-state index >= 15 is 0 Å². The first-order valence-corrected chi connectivity index (χ1v) is 10.9. The first-order valence-electron chi connectivity index (χ1n) is 9.43. The van der Waals surface area contributed by atoms with E-state index in [-0.39, 0.29) is 5.03 Å². The summed E-state index contributed by atoms with van der Waals surface area (Å²) in [5.74, 6) is 0.594. The van der Waals surface area contributed by atoms with Gasteiger partial charge in [0.15, 0.2) is 5.03 Å².